The van der Waals surface area contributed by atoms with E-state index in [4.69, 9.17) is 23.2 Å². The molecule has 0 saturated heterocycles. The van der Waals surface area contributed by atoms with Gasteiger partial charge in [-0.15, -0.1) is 0 Å². The number of hydrogen-bond acceptors (Lipinski definition) is 2. The van der Waals surface area contributed by atoms with E-state index in [1.165, 1.54) is 0 Å². The van der Waals surface area contributed by atoms with Crippen LogP contribution in [-0.4, -0.2) is 14.4 Å². The number of aromatic nitrogens is 3. The minimum atomic E-state index is -0.588. The third kappa shape index (κ3) is 1.57. The summed E-state index contributed by atoms with van der Waals surface area (Å²) in [4.78, 5) is 8.01. The Morgan fingerprint density at radius 3 is 2.57 bits per heavy atom. The highest BCUT2D eigenvalue weighted by molar-refractivity contribution is 6.43. The van der Waals surface area contributed by atoms with Crippen LogP contribution in [0.15, 0.2) is 12.4 Å². The van der Waals surface area contributed by atoms with Gasteiger partial charge >= 0.3 is 0 Å². The number of rotatable bonds is 1. The van der Waals surface area contributed by atoms with Gasteiger partial charge in [-0.2, -0.15) is 0 Å². The Hall–Kier alpha value is -0.800. The van der Waals surface area contributed by atoms with Crippen molar-refractivity contribution < 1.29 is 0 Å². The molecule has 74 valence electrons. The normalized spacial score (nSPS) is 11.5. The van der Waals surface area contributed by atoms with Crippen LogP contribution in [0.2, 0.25) is 0 Å². The Bertz CT molecular complexity index is 476. The molecule has 0 N–H and O–H groups in total. The lowest BCUT2D eigenvalue weighted by molar-refractivity contribution is 1.03. The zero-order valence-electron chi connectivity index (χ0n) is 7.83. The van der Waals surface area contributed by atoms with Gasteiger partial charge in [-0.25, -0.2) is 4.98 Å². The first-order valence-corrected chi connectivity index (χ1v) is 5.06. The number of fused-ring (bicyclic) bond motifs is 1. The highest BCUT2D eigenvalue weighted by Crippen LogP contribution is 2.24. The Kier molecular flexibility index (Phi) is 2.37. The van der Waals surface area contributed by atoms with Gasteiger partial charge in [0.1, 0.15) is 0 Å². The third-order valence-electron chi connectivity index (χ3n) is 1.97. The lowest BCUT2D eigenvalue weighted by Gasteiger charge is -1.98. The van der Waals surface area contributed by atoms with E-state index in [1.54, 1.807) is 0 Å². The summed E-state index contributed by atoms with van der Waals surface area (Å²) >= 11 is 11.5. The molecule has 0 bridgehead atoms. The summed E-state index contributed by atoms with van der Waals surface area (Å²) < 4.78 is 1.89. The van der Waals surface area contributed by atoms with E-state index in [9.17, 15) is 0 Å². The lowest BCUT2D eigenvalue weighted by Crippen LogP contribution is -1.93. The number of alkyl halides is 2. The van der Waals surface area contributed by atoms with Crippen molar-refractivity contribution in [1.29, 1.82) is 0 Å². The molecule has 14 heavy (non-hydrogen) atoms. The van der Waals surface area contributed by atoms with Gasteiger partial charge in [0.05, 0.1) is 17.1 Å². The average Bonchev–Trinajstić information content (AvgIpc) is 2.47. The molecule has 5 heteroatoms. The van der Waals surface area contributed by atoms with Gasteiger partial charge in [-0.05, 0) is 13.8 Å². The zero-order valence-corrected chi connectivity index (χ0v) is 9.34. The van der Waals surface area contributed by atoms with Gasteiger partial charge in [0, 0.05) is 12.4 Å². The summed E-state index contributed by atoms with van der Waals surface area (Å²) in [6, 6.07) is 0. The second-order valence-electron chi connectivity index (χ2n) is 3.17. The Labute approximate surface area is 91.7 Å². The van der Waals surface area contributed by atoms with Crippen molar-refractivity contribution >= 4 is 28.8 Å². The Morgan fingerprint density at radius 2 is 1.93 bits per heavy atom. The number of nitrogens with zero attached hydrogens (tertiary/aromatic N) is 3. The molecule has 0 aliphatic heterocycles. The topological polar surface area (TPSA) is 30.2 Å². The van der Waals surface area contributed by atoms with Crippen LogP contribution in [0.25, 0.3) is 5.65 Å². The van der Waals surface area contributed by atoms with Crippen molar-refractivity contribution in [2.45, 2.75) is 18.7 Å². The van der Waals surface area contributed by atoms with E-state index in [0.29, 0.717) is 5.69 Å². The molecule has 2 heterocycles. The van der Waals surface area contributed by atoms with Gasteiger partial charge in [0.15, 0.2) is 10.5 Å². The first kappa shape index (κ1) is 9.74. The predicted molar refractivity (Wildman–Crippen MR) is 56.9 cm³/mol. The van der Waals surface area contributed by atoms with Gasteiger partial charge in [0.2, 0.25) is 0 Å². The van der Waals surface area contributed by atoms with Crippen molar-refractivity contribution in [3.8, 4) is 0 Å². The van der Waals surface area contributed by atoms with E-state index in [-0.39, 0.29) is 0 Å². The van der Waals surface area contributed by atoms with Gasteiger partial charge in [-0.1, -0.05) is 23.2 Å². The molecular formula is C9H9Cl2N3. The highest BCUT2D eigenvalue weighted by Gasteiger charge is 2.10. The summed E-state index contributed by atoms with van der Waals surface area (Å²) in [5.41, 5.74) is 3.28. The van der Waals surface area contributed by atoms with Crippen molar-refractivity contribution in [1.82, 2.24) is 14.4 Å². The average molecular weight is 230 g/mol. The van der Waals surface area contributed by atoms with Crippen LogP contribution in [-0.2, 0) is 0 Å². The van der Waals surface area contributed by atoms with Crippen LogP contribution < -0.4 is 0 Å². The summed E-state index contributed by atoms with van der Waals surface area (Å²) in [5, 5.41) is 0. The quantitative estimate of drug-likeness (QED) is 0.705. The molecule has 0 radical (unpaired) electrons. The van der Waals surface area contributed by atoms with Crippen LogP contribution >= 0.6 is 23.2 Å². The summed E-state index contributed by atoms with van der Waals surface area (Å²) in [5.74, 6) is 0. The number of imidazole rings is 1. The fourth-order valence-electron chi connectivity index (χ4n) is 1.43. The van der Waals surface area contributed by atoms with Crippen molar-refractivity contribution in [2.24, 2.45) is 0 Å². The van der Waals surface area contributed by atoms with Crippen LogP contribution in [0.3, 0.4) is 0 Å². The third-order valence-corrected chi connectivity index (χ3v) is 2.42. The maximum atomic E-state index is 5.74. The number of halogens is 2. The first-order chi connectivity index (χ1) is 6.58. The molecule has 0 saturated carbocycles. The maximum absolute atomic E-state index is 5.74. The molecule has 0 fully saturated rings. The fourth-order valence-corrected chi connectivity index (χ4v) is 1.64. The predicted octanol–water partition coefficient (Wildman–Crippen LogP) is 2.82. The fraction of sp³-hybridized carbons (Fsp3) is 0.333. The van der Waals surface area contributed by atoms with Crippen LogP contribution in [0.4, 0.5) is 0 Å². The molecule has 2 aromatic rings. The molecule has 0 atom stereocenters. The van der Waals surface area contributed by atoms with E-state index in [1.807, 2.05) is 30.6 Å². The standard InChI is InChI=1S/C9H9Cl2N3/c1-5-3-14-4-7(8(10)11)13-9(14)6(2)12-5/h3-4,8H,1-2H3. The van der Waals surface area contributed by atoms with E-state index in [0.717, 1.165) is 17.0 Å². The first-order valence-electron chi connectivity index (χ1n) is 4.19. The molecule has 0 aromatic carbocycles. The molecule has 2 rings (SSSR count). The van der Waals surface area contributed by atoms with Crippen molar-refractivity contribution in [2.75, 3.05) is 0 Å². The maximum Gasteiger partial charge on any atom is 0.158 e. The molecule has 0 aliphatic rings. The van der Waals surface area contributed by atoms with E-state index < -0.39 is 4.84 Å². The molecule has 3 nitrogen and oxygen atoms in total. The van der Waals surface area contributed by atoms with Crippen molar-refractivity contribution in [3.63, 3.8) is 0 Å². The minimum Gasteiger partial charge on any atom is -0.303 e. The molecule has 0 spiro atoms. The van der Waals surface area contributed by atoms with Gasteiger partial charge in [0.25, 0.3) is 0 Å². The van der Waals surface area contributed by atoms with Crippen LogP contribution in [0.1, 0.15) is 21.9 Å². The molecular weight excluding hydrogens is 221 g/mol. The second-order valence-corrected chi connectivity index (χ2v) is 4.26. The SMILES string of the molecule is Cc1cn2cc(C(Cl)Cl)nc2c(C)n1. The Balaban J connectivity index is 2.70. The molecule has 2 aromatic heterocycles. The lowest BCUT2D eigenvalue weighted by atomic mass is 10.4. The largest absolute Gasteiger partial charge is 0.303 e. The molecule has 0 aliphatic carbocycles. The van der Waals surface area contributed by atoms with E-state index >= 15 is 0 Å². The van der Waals surface area contributed by atoms with Gasteiger partial charge in [-0.3, -0.25) is 4.98 Å². The van der Waals surface area contributed by atoms with Crippen LogP contribution in [0.5, 0.6) is 0 Å². The Morgan fingerprint density at radius 1 is 1.21 bits per heavy atom. The number of hydrogen-bond donors (Lipinski definition) is 0. The molecule has 0 unspecified atom stereocenters. The summed E-state index contributed by atoms with van der Waals surface area (Å²) in [7, 11) is 0. The summed E-state index contributed by atoms with van der Waals surface area (Å²) in [6.07, 6.45) is 3.72. The summed E-state index contributed by atoms with van der Waals surface area (Å²) in [6.45, 7) is 3.85. The van der Waals surface area contributed by atoms with E-state index in [2.05, 4.69) is 9.97 Å². The van der Waals surface area contributed by atoms with Crippen molar-refractivity contribution in [3.05, 3.63) is 29.5 Å². The van der Waals surface area contributed by atoms with Crippen LogP contribution in [0, 0.1) is 13.8 Å². The highest BCUT2D eigenvalue weighted by atomic mass is 35.5. The zero-order chi connectivity index (χ0) is 10.3. The molecule has 0 amide bonds. The van der Waals surface area contributed by atoms with Gasteiger partial charge < -0.3 is 4.40 Å². The minimum absolute atomic E-state index is 0.588. The smallest absolute Gasteiger partial charge is 0.158 e. The monoisotopic (exact) mass is 229 g/mol. The number of aryl methyl sites for hydroxylation is 2. The second kappa shape index (κ2) is 3.41.